The molecule has 0 unspecified atom stereocenters. The summed E-state index contributed by atoms with van der Waals surface area (Å²) in [7, 11) is 0. The third-order valence-corrected chi connectivity index (χ3v) is 6.68. The van der Waals surface area contributed by atoms with Crippen LogP contribution in [0.25, 0.3) is 27.5 Å². The van der Waals surface area contributed by atoms with Gasteiger partial charge in [-0.05, 0) is 55.0 Å². The molecule has 9 heteroatoms. The monoisotopic (exact) mass is 504 g/mol. The zero-order valence-corrected chi connectivity index (χ0v) is 19.9. The van der Waals surface area contributed by atoms with Gasteiger partial charge in [0.05, 0.1) is 20.8 Å². The van der Waals surface area contributed by atoms with Crippen LogP contribution in [0.3, 0.4) is 0 Å². The number of pyridine rings is 1. The Kier molecular flexibility index (Phi) is 5.80. The molecule has 0 aliphatic carbocycles. The molecule has 0 radical (unpaired) electrons. The molecule has 166 valence electrons. The molecule has 34 heavy (non-hydrogen) atoms. The summed E-state index contributed by atoms with van der Waals surface area (Å²) in [5, 5.41) is 11.1. The Morgan fingerprint density at radius 1 is 1.15 bits per heavy atom. The average Bonchev–Trinajstić information content (AvgIpc) is 3.25. The number of fused-ring (bicyclic) bond motifs is 2. The second kappa shape index (κ2) is 8.92. The Balaban J connectivity index is 1.74. The van der Waals surface area contributed by atoms with Gasteiger partial charge in [-0.15, -0.1) is 11.3 Å². The number of hydrogen-bond acceptors (Lipinski definition) is 6. The number of thiazole rings is 1. The van der Waals surface area contributed by atoms with Gasteiger partial charge in [-0.2, -0.15) is 10.2 Å². The minimum atomic E-state index is -0.386. The number of aryl methyl sites for hydroxylation is 1. The molecule has 0 N–H and O–H groups in total. The van der Waals surface area contributed by atoms with E-state index in [1.807, 2.05) is 37.3 Å². The van der Waals surface area contributed by atoms with E-state index < -0.39 is 0 Å². The highest BCUT2D eigenvalue weighted by Gasteiger charge is 2.18. The van der Waals surface area contributed by atoms with Crippen LogP contribution in [0.15, 0.2) is 65.6 Å². The molecule has 0 saturated carbocycles. The number of para-hydroxylation sites is 1. The average molecular weight is 505 g/mol. The maximum Gasteiger partial charge on any atom is 0.269 e. The van der Waals surface area contributed by atoms with Crippen molar-refractivity contribution in [3.05, 3.63) is 97.3 Å². The van der Waals surface area contributed by atoms with Crippen LogP contribution in [0.4, 0.5) is 0 Å². The SMILES string of the molecule is Cc1cccn2c(=O)c(C=C(C#N)c3nc4ccccc4s3)c(Oc3ccc(Cl)cc3Cl)nc12. The summed E-state index contributed by atoms with van der Waals surface area (Å²) in [6.07, 6.45) is 3.08. The van der Waals surface area contributed by atoms with E-state index in [1.54, 1.807) is 24.4 Å². The smallest absolute Gasteiger partial charge is 0.269 e. The van der Waals surface area contributed by atoms with Crippen LogP contribution in [-0.2, 0) is 0 Å². The lowest BCUT2D eigenvalue weighted by atomic mass is 10.2. The number of halogens is 2. The van der Waals surface area contributed by atoms with Gasteiger partial charge in [0.25, 0.3) is 5.56 Å². The lowest BCUT2D eigenvalue weighted by Gasteiger charge is -2.12. The zero-order valence-electron chi connectivity index (χ0n) is 17.6. The summed E-state index contributed by atoms with van der Waals surface area (Å²) in [6.45, 7) is 1.85. The number of rotatable bonds is 4. The third kappa shape index (κ3) is 4.03. The Bertz CT molecular complexity index is 1680. The Morgan fingerprint density at radius 2 is 1.97 bits per heavy atom. The predicted molar refractivity (Wildman–Crippen MR) is 136 cm³/mol. The maximum absolute atomic E-state index is 13.5. The topological polar surface area (TPSA) is 80.3 Å². The van der Waals surface area contributed by atoms with Gasteiger partial charge in [0, 0.05) is 11.2 Å². The van der Waals surface area contributed by atoms with Crippen LogP contribution in [0, 0.1) is 18.3 Å². The molecular weight excluding hydrogens is 491 g/mol. The number of hydrogen-bond donors (Lipinski definition) is 0. The highest BCUT2D eigenvalue weighted by Crippen LogP contribution is 2.34. The molecule has 3 aromatic heterocycles. The highest BCUT2D eigenvalue weighted by molar-refractivity contribution is 7.19. The molecule has 2 aromatic carbocycles. The summed E-state index contributed by atoms with van der Waals surface area (Å²) >= 11 is 13.7. The fourth-order valence-corrected chi connectivity index (χ4v) is 4.81. The van der Waals surface area contributed by atoms with Crippen molar-refractivity contribution < 1.29 is 4.74 Å². The summed E-state index contributed by atoms with van der Waals surface area (Å²) in [6, 6.07) is 18.1. The molecule has 0 bridgehead atoms. The van der Waals surface area contributed by atoms with Crippen molar-refractivity contribution in [3.63, 3.8) is 0 Å². The molecule has 0 fully saturated rings. The van der Waals surface area contributed by atoms with Crippen LogP contribution < -0.4 is 10.3 Å². The van der Waals surface area contributed by atoms with Crippen molar-refractivity contribution >= 4 is 62.1 Å². The Hall–Kier alpha value is -3.70. The minimum Gasteiger partial charge on any atom is -0.437 e. The predicted octanol–water partition coefficient (Wildman–Crippen LogP) is 6.78. The number of nitrogens with zero attached hydrogens (tertiary/aromatic N) is 4. The van der Waals surface area contributed by atoms with Crippen molar-refractivity contribution in [2.75, 3.05) is 0 Å². The molecular formula is C25H14Cl2N4O2S. The molecule has 0 saturated heterocycles. The van der Waals surface area contributed by atoms with Crippen LogP contribution >= 0.6 is 34.5 Å². The quantitative estimate of drug-likeness (QED) is 0.252. The van der Waals surface area contributed by atoms with E-state index >= 15 is 0 Å². The van der Waals surface area contributed by atoms with Gasteiger partial charge >= 0.3 is 0 Å². The summed E-state index contributed by atoms with van der Waals surface area (Å²) in [4.78, 5) is 22.6. The number of nitriles is 1. The fraction of sp³-hybridized carbons (Fsp3) is 0.0400. The van der Waals surface area contributed by atoms with Gasteiger partial charge < -0.3 is 4.74 Å². The Labute approximate surface area is 207 Å². The van der Waals surface area contributed by atoms with Crippen molar-refractivity contribution in [2.45, 2.75) is 6.92 Å². The first-order valence-electron chi connectivity index (χ1n) is 10.1. The molecule has 0 atom stereocenters. The molecule has 5 aromatic rings. The van der Waals surface area contributed by atoms with Crippen molar-refractivity contribution in [3.8, 4) is 17.7 Å². The van der Waals surface area contributed by atoms with E-state index in [1.165, 1.54) is 27.9 Å². The van der Waals surface area contributed by atoms with E-state index in [4.69, 9.17) is 27.9 Å². The summed E-state index contributed by atoms with van der Waals surface area (Å²) in [5.41, 5.74) is 1.93. The van der Waals surface area contributed by atoms with E-state index in [2.05, 4.69) is 16.0 Å². The summed E-state index contributed by atoms with van der Waals surface area (Å²) < 4.78 is 8.35. The first kappa shape index (κ1) is 22.1. The largest absolute Gasteiger partial charge is 0.437 e. The van der Waals surface area contributed by atoms with Gasteiger partial charge in [0.1, 0.15) is 28.0 Å². The maximum atomic E-state index is 13.5. The van der Waals surface area contributed by atoms with Gasteiger partial charge in [0.2, 0.25) is 5.88 Å². The first-order valence-corrected chi connectivity index (χ1v) is 11.6. The molecule has 6 nitrogen and oxygen atoms in total. The van der Waals surface area contributed by atoms with Crippen LogP contribution in [0.1, 0.15) is 16.1 Å². The standard InChI is InChI=1S/C25H14Cl2N4O2S/c1-14-5-4-10-31-22(14)30-23(33-20-9-8-16(26)12-18(20)27)17(25(31)32)11-15(13-28)24-29-19-6-2-3-7-21(19)34-24/h2-12H,1H3. The molecule has 0 amide bonds. The van der Waals surface area contributed by atoms with Crippen molar-refractivity contribution in [1.82, 2.24) is 14.4 Å². The molecule has 0 aliphatic heterocycles. The molecule has 0 aliphatic rings. The number of aromatic nitrogens is 3. The number of allylic oxidation sites excluding steroid dienone is 1. The normalized spacial score (nSPS) is 11.6. The fourth-order valence-electron chi connectivity index (χ4n) is 3.43. The third-order valence-electron chi connectivity index (χ3n) is 5.08. The van der Waals surface area contributed by atoms with Crippen LogP contribution in [0.2, 0.25) is 10.0 Å². The van der Waals surface area contributed by atoms with Crippen LogP contribution in [0.5, 0.6) is 11.6 Å². The molecule has 5 rings (SSSR count). The van der Waals surface area contributed by atoms with Gasteiger partial charge in [0.15, 0.2) is 0 Å². The lowest BCUT2D eigenvalue weighted by Crippen LogP contribution is -2.19. The van der Waals surface area contributed by atoms with E-state index in [0.29, 0.717) is 15.7 Å². The van der Waals surface area contributed by atoms with E-state index in [9.17, 15) is 10.1 Å². The van der Waals surface area contributed by atoms with Crippen molar-refractivity contribution in [1.29, 1.82) is 5.26 Å². The van der Waals surface area contributed by atoms with Gasteiger partial charge in [-0.25, -0.2) is 4.98 Å². The second-order valence-corrected chi connectivity index (χ2v) is 9.23. The minimum absolute atomic E-state index is 0.0254. The number of ether oxygens (including phenoxy) is 1. The van der Waals surface area contributed by atoms with E-state index in [0.717, 1.165) is 15.8 Å². The van der Waals surface area contributed by atoms with Gasteiger partial charge in [-0.1, -0.05) is 41.4 Å². The van der Waals surface area contributed by atoms with Gasteiger partial charge in [-0.3, -0.25) is 9.20 Å². The second-order valence-electron chi connectivity index (χ2n) is 7.35. The van der Waals surface area contributed by atoms with Crippen molar-refractivity contribution in [2.24, 2.45) is 0 Å². The van der Waals surface area contributed by atoms with E-state index in [-0.39, 0.29) is 33.3 Å². The Morgan fingerprint density at radius 3 is 2.74 bits per heavy atom. The lowest BCUT2D eigenvalue weighted by molar-refractivity contribution is 0.461. The number of benzene rings is 2. The molecule has 3 heterocycles. The van der Waals surface area contributed by atoms with Crippen LogP contribution in [-0.4, -0.2) is 14.4 Å². The summed E-state index contributed by atoms with van der Waals surface area (Å²) in [5.74, 6) is 0.307. The highest BCUT2D eigenvalue weighted by atomic mass is 35.5. The zero-order chi connectivity index (χ0) is 23.8. The first-order chi connectivity index (χ1) is 16.4. The molecule has 0 spiro atoms.